The van der Waals surface area contributed by atoms with Gasteiger partial charge in [0.05, 0.1) is 22.8 Å². The molecule has 0 aliphatic heterocycles. The lowest BCUT2D eigenvalue weighted by molar-refractivity contribution is 0.0954. The highest BCUT2D eigenvalue weighted by Crippen LogP contribution is 2.26. The summed E-state index contributed by atoms with van der Waals surface area (Å²) < 4.78 is 1.87. The summed E-state index contributed by atoms with van der Waals surface area (Å²) in [7, 11) is 4.06. The fourth-order valence-electron chi connectivity index (χ4n) is 3.15. The van der Waals surface area contributed by atoms with E-state index in [1.807, 2.05) is 37.0 Å². The summed E-state index contributed by atoms with van der Waals surface area (Å²) >= 11 is 0. The van der Waals surface area contributed by atoms with Gasteiger partial charge in [-0.1, -0.05) is 29.8 Å². The molecule has 0 aliphatic carbocycles. The van der Waals surface area contributed by atoms with E-state index in [0.29, 0.717) is 12.1 Å². The van der Waals surface area contributed by atoms with Gasteiger partial charge in [0.15, 0.2) is 5.65 Å². The van der Waals surface area contributed by atoms with Crippen LogP contribution >= 0.6 is 0 Å². The molecule has 1 N–H and O–H groups in total. The number of pyridine rings is 1. The summed E-state index contributed by atoms with van der Waals surface area (Å²) in [5, 5.41) is 8.30. The Balaban J connectivity index is 2.00. The first-order chi connectivity index (χ1) is 13.4. The fourth-order valence-corrected chi connectivity index (χ4v) is 3.15. The number of carbonyl (C=O) groups excluding carboxylic acids is 1. The lowest BCUT2D eigenvalue weighted by atomic mass is 10.1. The summed E-state index contributed by atoms with van der Waals surface area (Å²) in [5.74, 6) is -0.0807. The van der Waals surface area contributed by atoms with E-state index >= 15 is 0 Å². The highest BCUT2D eigenvalue weighted by Gasteiger charge is 2.18. The molecule has 28 heavy (non-hydrogen) atoms. The van der Waals surface area contributed by atoms with Crippen molar-refractivity contribution >= 4 is 16.9 Å². The van der Waals surface area contributed by atoms with Gasteiger partial charge in [0, 0.05) is 18.2 Å². The smallest absolute Gasteiger partial charge is 0.252 e. The van der Waals surface area contributed by atoms with Crippen molar-refractivity contribution in [1.82, 2.24) is 25.0 Å². The zero-order valence-corrected chi connectivity index (χ0v) is 17.4. The Labute approximate surface area is 166 Å². The zero-order chi connectivity index (χ0) is 20.3. The molecule has 1 aromatic carbocycles. The molecule has 0 radical (unpaired) electrons. The molecule has 0 spiro atoms. The molecule has 3 rings (SSSR count). The molecule has 0 fully saturated rings. The zero-order valence-electron chi connectivity index (χ0n) is 17.4. The standard InChI is InChI=1S/C22H29N5O/c1-15(2)27-21-19(14-24-27)18(22(28)23-11-6-12-26(4)5)13-20(25-21)17-9-7-16(3)8-10-17/h7-10,13-15H,6,11-12H2,1-5H3,(H,23,28). The summed E-state index contributed by atoms with van der Waals surface area (Å²) in [6.45, 7) is 7.76. The van der Waals surface area contributed by atoms with Crippen LogP contribution < -0.4 is 5.32 Å². The minimum absolute atomic E-state index is 0.0807. The van der Waals surface area contributed by atoms with E-state index in [1.54, 1.807) is 6.20 Å². The van der Waals surface area contributed by atoms with Crippen LogP contribution in [0.3, 0.4) is 0 Å². The minimum atomic E-state index is -0.0807. The average molecular weight is 380 g/mol. The second-order valence-electron chi connectivity index (χ2n) is 7.75. The van der Waals surface area contributed by atoms with E-state index in [-0.39, 0.29) is 11.9 Å². The van der Waals surface area contributed by atoms with E-state index in [0.717, 1.165) is 35.3 Å². The molecule has 2 heterocycles. The van der Waals surface area contributed by atoms with Crippen LogP contribution in [-0.2, 0) is 0 Å². The Morgan fingerprint density at radius 3 is 2.57 bits per heavy atom. The van der Waals surface area contributed by atoms with Crippen molar-refractivity contribution in [2.75, 3.05) is 27.2 Å². The Hall–Kier alpha value is -2.73. The summed E-state index contributed by atoms with van der Waals surface area (Å²) in [6, 6.07) is 10.2. The molecule has 0 saturated carbocycles. The van der Waals surface area contributed by atoms with Gasteiger partial charge in [-0.05, 0) is 53.9 Å². The van der Waals surface area contributed by atoms with Crippen molar-refractivity contribution < 1.29 is 4.79 Å². The molecule has 0 aliphatic rings. The van der Waals surface area contributed by atoms with Crippen molar-refractivity contribution in [3.63, 3.8) is 0 Å². The van der Waals surface area contributed by atoms with E-state index < -0.39 is 0 Å². The van der Waals surface area contributed by atoms with Gasteiger partial charge in [-0.25, -0.2) is 9.67 Å². The normalized spacial score (nSPS) is 11.5. The lowest BCUT2D eigenvalue weighted by Gasteiger charge is -2.12. The molecular weight excluding hydrogens is 350 g/mol. The first kappa shape index (κ1) is 20.0. The van der Waals surface area contributed by atoms with E-state index in [9.17, 15) is 4.79 Å². The number of hydrogen-bond acceptors (Lipinski definition) is 4. The van der Waals surface area contributed by atoms with Gasteiger partial charge in [-0.3, -0.25) is 4.79 Å². The van der Waals surface area contributed by atoms with Gasteiger partial charge in [-0.2, -0.15) is 5.10 Å². The molecule has 3 aromatic rings. The molecule has 6 nitrogen and oxygen atoms in total. The highest BCUT2D eigenvalue weighted by atomic mass is 16.1. The molecule has 2 aromatic heterocycles. The third kappa shape index (κ3) is 4.39. The number of aryl methyl sites for hydroxylation is 1. The Bertz CT molecular complexity index is 957. The van der Waals surface area contributed by atoms with E-state index in [4.69, 9.17) is 4.98 Å². The van der Waals surface area contributed by atoms with Crippen LogP contribution in [0.1, 0.15) is 42.2 Å². The maximum absolute atomic E-state index is 12.9. The molecule has 0 bridgehead atoms. The number of hydrogen-bond donors (Lipinski definition) is 1. The van der Waals surface area contributed by atoms with Gasteiger partial charge in [0.1, 0.15) is 0 Å². The number of rotatable bonds is 7. The summed E-state index contributed by atoms with van der Waals surface area (Å²) in [5.41, 5.74) is 4.33. The Morgan fingerprint density at radius 1 is 1.21 bits per heavy atom. The number of carbonyl (C=O) groups is 1. The molecule has 148 valence electrons. The minimum Gasteiger partial charge on any atom is -0.352 e. The van der Waals surface area contributed by atoms with Crippen molar-refractivity contribution in [3.05, 3.63) is 47.7 Å². The largest absolute Gasteiger partial charge is 0.352 e. The van der Waals surface area contributed by atoms with Crippen molar-refractivity contribution in [2.24, 2.45) is 0 Å². The summed E-state index contributed by atoms with van der Waals surface area (Å²) in [4.78, 5) is 19.9. The quantitative estimate of drug-likeness (QED) is 0.636. The van der Waals surface area contributed by atoms with Crippen LogP contribution in [0.5, 0.6) is 0 Å². The lowest BCUT2D eigenvalue weighted by Crippen LogP contribution is -2.27. The molecule has 0 atom stereocenters. The Kier molecular flexibility index (Phi) is 6.09. The van der Waals surface area contributed by atoms with Crippen molar-refractivity contribution in [1.29, 1.82) is 0 Å². The molecule has 6 heteroatoms. The number of benzene rings is 1. The van der Waals surface area contributed by atoms with Crippen molar-refractivity contribution in [2.45, 2.75) is 33.2 Å². The van der Waals surface area contributed by atoms with Crippen LogP contribution in [0.15, 0.2) is 36.5 Å². The first-order valence-corrected chi connectivity index (χ1v) is 9.75. The average Bonchev–Trinajstić information content (AvgIpc) is 3.09. The number of amides is 1. The van der Waals surface area contributed by atoms with Gasteiger partial charge >= 0.3 is 0 Å². The van der Waals surface area contributed by atoms with Crippen LogP contribution in [0.2, 0.25) is 0 Å². The monoisotopic (exact) mass is 379 g/mol. The molecule has 0 unspecified atom stereocenters. The molecule has 1 amide bonds. The van der Waals surface area contributed by atoms with Gasteiger partial charge in [0.2, 0.25) is 0 Å². The van der Waals surface area contributed by atoms with Gasteiger partial charge < -0.3 is 10.2 Å². The maximum atomic E-state index is 12.9. The van der Waals surface area contributed by atoms with Crippen LogP contribution in [0.25, 0.3) is 22.3 Å². The molecular formula is C22H29N5O. The SMILES string of the molecule is Cc1ccc(-c2cc(C(=O)NCCCN(C)C)c3cnn(C(C)C)c3n2)cc1. The second kappa shape index (κ2) is 8.52. The predicted octanol–water partition coefficient (Wildman–Crippen LogP) is 3.67. The number of nitrogens with one attached hydrogen (secondary N) is 1. The van der Waals surface area contributed by atoms with Crippen LogP contribution in [0.4, 0.5) is 0 Å². The predicted molar refractivity (Wildman–Crippen MR) is 114 cm³/mol. The van der Waals surface area contributed by atoms with E-state index in [1.165, 1.54) is 5.56 Å². The van der Waals surface area contributed by atoms with Crippen molar-refractivity contribution in [3.8, 4) is 11.3 Å². The third-order valence-electron chi connectivity index (χ3n) is 4.72. The van der Waals surface area contributed by atoms with Crippen LogP contribution in [0, 0.1) is 6.92 Å². The molecule has 0 saturated heterocycles. The third-order valence-corrected chi connectivity index (χ3v) is 4.72. The number of aromatic nitrogens is 3. The number of nitrogens with zero attached hydrogens (tertiary/aromatic N) is 4. The fraction of sp³-hybridized carbons (Fsp3) is 0.409. The van der Waals surface area contributed by atoms with Gasteiger partial charge in [0.25, 0.3) is 5.91 Å². The van der Waals surface area contributed by atoms with Gasteiger partial charge in [-0.15, -0.1) is 0 Å². The van der Waals surface area contributed by atoms with E-state index in [2.05, 4.69) is 48.2 Å². The summed E-state index contributed by atoms with van der Waals surface area (Å²) in [6.07, 6.45) is 2.65. The Morgan fingerprint density at radius 2 is 1.93 bits per heavy atom. The topological polar surface area (TPSA) is 63.1 Å². The first-order valence-electron chi connectivity index (χ1n) is 9.75. The maximum Gasteiger partial charge on any atom is 0.252 e. The second-order valence-corrected chi connectivity index (χ2v) is 7.75. The highest BCUT2D eigenvalue weighted by molar-refractivity contribution is 6.06. The van der Waals surface area contributed by atoms with Crippen LogP contribution in [-0.4, -0.2) is 52.8 Å². The number of fused-ring (bicyclic) bond motifs is 1.